The molecular formula is C24H33N3O4S. The lowest BCUT2D eigenvalue weighted by atomic mass is 10.1. The highest BCUT2D eigenvalue weighted by atomic mass is 32.1. The first-order valence-corrected chi connectivity index (χ1v) is 11.7. The fourth-order valence-corrected chi connectivity index (χ4v) is 4.44. The van der Waals surface area contributed by atoms with Crippen LogP contribution in [0, 0.1) is 0 Å². The van der Waals surface area contributed by atoms with Crippen LogP contribution in [0.2, 0.25) is 0 Å². The molecule has 2 aromatic heterocycles. The van der Waals surface area contributed by atoms with E-state index in [9.17, 15) is 9.90 Å². The predicted molar refractivity (Wildman–Crippen MR) is 129 cm³/mol. The maximum absolute atomic E-state index is 12.9. The van der Waals surface area contributed by atoms with Crippen LogP contribution in [-0.2, 0) is 16.0 Å². The molecule has 1 aromatic carbocycles. The molecule has 0 aliphatic rings. The summed E-state index contributed by atoms with van der Waals surface area (Å²) in [7, 11) is 1.67. The highest BCUT2D eigenvalue weighted by molar-refractivity contribution is 7.17. The Kier molecular flexibility index (Phi) is 8.56. The molecule has 8 heteroatoms. The number of rotatable bonds is 11. The van der Waals surface area contributed by atoms with Crippen molar-refractivity contribution in [3.05, 3.63) is 51.9 Å². The number of aliphatic hydroxyl groups is 1. The number of methoxy groups -OCH3 is 1. The van der Waals surface area contributed by atoms with Gasteiger partial charge in [0.2, 0.25) is 0 Å². The number of aliphatic hydroxyl groups excluding tert-OH is 1. The lowest BCUT2D eigenvalue weighted by Crippen LogP contribution is -2.38. The summed E-state index contributed by atoms with van der Waals surface area (Å²) in [5.74, 6) is 0.588. The molecule has 3 rings (SSSR count). The number of H-pyrrole nitrogens is 1. The number of nitrogens with zero attached hydrogens (tertiary/aromatic N) is 2. The summed E-state index contributed by atoms with van der Waals surface area (Å²) in [6.07, 6.45) is 0.172. The van der Waals surface area contributed by atoms with Crippen molar-refractivity contribution < 1.29 is 14.6 Å². The molecule has 0 bridgehead atoms. The summed E-state index contributed by atoms with van der Waals surface area (Å²) < 4.78 is 10.9. The van der Waals surface area contributed by atoms with Gasteiger partial charge in [-0.2, -0.15) is 0 Å². The minimum Gasteiger partial charge on any atom is -0.389 e. The van der Waals surface area contributed by atoms with Gasteiger partial charge in [-0.3, -0.25) is 9.69 Å². The minimum atomic E-state index is -0.640. The van der Waals surface area contributed by atoms with Crippen LogP contribution in [0.1, 0.15) is 33.0 Å². The van der Waals surface area contributed by atoms with Crippen molar-refractivity contribution in [1.29, 1.82) is 0 Å². The number of benzene rings is 1. The van der Waals surface area contributed by atoms with E-state index in [0.717, 1.165) is 22.4 Å². The molecule has 174 valence electrons. The van der Waals surface area contributed by atoms with Crippen LogP contribution in [0.3, 0.4) is 0 Å². The third-order valence-corrected chi connectivity index (χ3v) is 5.82. The first kappa shape index (κ1) is 24.5. The topological polar surface area (TPSA) is 87.7 Å². The van der Waals surface area contributed by atoms with Gasteiger partial charge in [0.15, 0.2) is 0 Å². The van der Waals surface area contributed by atoms with Crippen LogP contribution in [0.15, 0.2) is 40.5 Å². The standard InChI is InChI=1S/C24H33N3O4S/c1-24(2,3)31-15-18(28)13-27(11-8-12-30-4)14-20-25-22(29)21-19(16-32-23(21)26-20)17-9-6-5-7-10-17/h5-7,9-10,16,18,28H,8,11-15H2,1-4H3,(H,25,26,29)/t18-/m0/s1. The van der Waals surface area contributed by atoms with Gasteiger partial charge in [-0.05, 0) is 32.8 Å². The summed E-state index contributed by atoms with van der Waals surface area (Å²) in [6, 6.07) is 9.86. The molecule has 0 saturated heterocycles. The van der Waals surface area contributed by atoms with E-state index in [1.54, 1.807) is 7.11 Å². The zero-order valence-corrected chi connectivity index (χ0v) is 20.1. The smallest absolute Gasteiger partial charge is 0.260 e. The molecule has 0 amide bonds. The van der Waals surface area contributed by atoms with Crippen LogP contribution in [0.4, 0.5) is 0 Å². The molecule has 0 radical (unpaired) electrons. The average molecular weight is 460 g/mol. The van der Waals surface area contributed by atoms with Gasteiger partial charge in [-0.1, -0.05) is 30.3 Å². The number of ether oxygens (including phenoxy) is 2. The van der Waals surface area contributed by atoms with E-state index in [-0.39, 0.29) is 17.8 Å². The molecule has 0 fully saturated rings. The number of hydrogen-bond donors (Lipinski definition) is 2. The van der Waals surface area contributed by atoms with Gasteiger partial charge in [0.25, 0.3) is 5.56 Å². The van der Waals surface area contributed by atoms with E-state index < -0.39 is 6.10 Å². The molecular weight excluding hydrogens is 426 g/mol. The predicted octanol–water partition coefficient (Wildman–Crippen LogP) is 3.67. The SMILES string of the molecule is COCCCN(Cc1nc2scc(-c3ccccc3)c2c(=O)[nH]1)C[C@H](O)COC(C)(C)C. The van der Waals surface area contributed by atoms with Crippen molar-refractivity contribution in [2.75, 3.05) is 33.4 Å². The molecule has 0 saturated carbocycles. The second kappa shape index (κ2) is 11.2. The first-order chi connectivity index (χ1) is 15.3. The van der Waals surface area contributed by atoms with Crippen LogP contribution in [0.25, 0.3) is 21.3 Å². The molecule has 0 spiro atoms. The summed E-state index contributed by atoms with van der Waals surface area (Å²) in [5.41, 5.74) is 1.45. The Hall–Kier alpha value is -2.10. The van der Waals surface area contributed by atoms with Gasteiger partial charge < -0.3 is 19.6 Å². The zero-order valence-electron chi connectivity index (χ0n) is 19.3. The van der Waals surface area contributed by atoms with Crippen molar-refractivity contribution in [3.8, 4) is 11.1 Å². The van der Waals surface area contributed by atoms with E-state index >= 15 is 0 Å². The lowest BCUT2D eigenvalue weighted by Gasteiger charge is -2.27. The van der Waals surface area contributed by atoms with E-state index in [2.05, 4.69) is 9.88 Å². The van der Waals surface area contributed by atoms with E-state index in [1.807, 2.05) is 56.5 Å². The summed E-state index contributed by atoms with van der Waals surface area (Å²) in [6.45, 7) is 8.32. The molecule has 0 aliphatic carbocycles. The van der Waals surface area contributed by atoms with Gasteiger partial charge in [0.05, 0.1) is 30.2 Å². The molecule has 3 aromatic rings. The summed E-state index contributed by atoms with van der Waals surface area (Å²) in [5, 5.41) is 13.1. The van der Waals surface area contributed by atoms with Crippen LogP contribution >= 0.6 is 11.3 Å². The van der Waals surface area contributed by atoms with Crippen LogP contribution in [0.5, 0.6) is 0 Å². The summed E-state index contributed by atoms with van der Waals surface area (Å²) in [4.78, 5) is 23.4. The van der Waals surface area contributed by atoms with Crippen molar-refractivity contribution in [2.45, 2.75) is 45.4 Å². The van der Waals surface area contributed by atoms with E-state index in [4.69, 9.17) is 14.5 Å². The molecule has 2 heterocycles. The molecule has 32 heavy (non-hydrogen) atoms. The number of thiophene rings is 1. The van der Waals surface area contributed by atoms with Gasteiger partial charge in [-0.25, -0.2) is 4.98 Å². The van der Waals surface area contributed by atoms with Crippen molar-refractivity contribution in [2.24, 2.45) is 0 Å². The number of aromatic amines is 1. The number of fused-ring (bicyclic) bond motifs is 1. The van der Waals surface area contributed by atoms with Gasteiger partial charge >= 0.3 is 0 Å². The average Bonchev–Trinajstić information content (AvgIpc) is 3.17. The Morgan fingerprint density at radius 2 is 2.00 bits per heavy atom. The van der Waals surface area contributed by atoms with Gasteiger partial charge in [0.1, 0.15) is 10.7 Å². The molecule has 1 atom stereocenters. The van der Waals surface area contributed by atoms with Crippen LogP contribution in [-0.4, -0.2) is 65.1 Å². The monoisotopic (exact) mass is 459 g/mol. The highest BCUT2D eigenvalue weighted by Crippen LogP contribution is 2.30. The second-order valence-electron chi connectivity index (χ2n) is 8.87. The summed E-state index contributed by atoms with van der Waals surface area (Å²) >= 11 is 1.47. The van der Waals surface area contributed by atoms with E-state index in [0.29, 0.717) is 37.5 Å². The molecule has 0 unspecified atom stereocenters. The van der Waals surface area contributed by atoms with Crippen molar-refractivity contribution >= 4 is 21.6 Å². The number of nitrogens with one attached hydrogen (secondary N) is 1. The highest BCUT2D eigenvalue weighted by Gasteiger charge is 2.19. The molecule has 7 nitrogen and oxygen atoms in total. The van der Waals surface area contributed by atoms with E-state index in [1.165, 1.54) is 11.3 Å². The third-order valence-electron chi connectivity index (χ3n) is 4.95. The Morgan fingerprint density at radius 1 is 1.25 bits per heavy atom. The quantitative estimate of drug-likeness (QED) is 0.426. The Bertz CT molecular complexity index is 1040. The number of hydrogen-bond acceptors (Lipinski definition) is 7. The normalized spacial score (nSPS) is 13.2. The molecule has 2 N–H and O–H groups in total. The minimum absolute atomic E-state index is 0.140. The zero-order chi connectivity index (χ0) is 23.1. The van der Waals surface area contributed by atoms with Gasteiger partial charge in [0, 0.05) is 37.7 Å². The fraction of sp³-hybridized carbons (Fsp3) is 0.500. The van der Waals surface area contributed by atoms with Crippen molar-refractivity contribution in [3.63, 3.8) is 0 Å². The van der Waals surface area contributed by atoms with Crippen molar-refractivity contribution in [1.82, 2.24) is 14.9 Å². The van der Waals surface area contributed by atoms with Crippen LogP contribution < -0.4 is 5.56 Å². The Labute approximate surface area is 193 Å². The maximum Gasteiger partial charge on any atom is 0.260 e. The lowest BCUT2D eigenvalue weighted by molar-refractivity contribution is -0.0571. The Balaban J connectivity index is 1.77. The van der Waals surface area contributed by atoms with Gasteiger partial charge in [-0.15, -0.1) is 11.3 Å². The molecule has 0 aliphatic heterocycles. The second-order valence-corrected chi connectivity index (χ2v) is 9.72. The maximum atomic E-state index is 12.9. The number of aromatic nitrogens is 2. The largest absolute Gasteiger partial charge is 0.389 e. The Morgan fingerprint density at radius 3 is 2.69 bits per heavy atom. The fourth-order valence-electron chi connectivity index (χ4n) is 3.47. The first-order valence-electron chi connectivity index (χ1n) is 10.9. The third kappa shape index (κ3) is 6.95.